The van der Waals surface area contributed by atoms with Gasteiger partial charge in [-0.15, -0.1) is 0 Å². The first-order valence-electron chi connectivity index (χ1n) is 11.0. The lowest BCUT2D eigenvalue weighted by Crippen LogP contribution is -2.34. The highest BCUT2D eigenvalue weighted by molar-refractivity contribution is 7.67. The van der Waals surface area contributed by atoms with Crippen molar-refractivity contribution in [2.45, 2.75) is 18.0 Å². The molecule has 1 heterocycles. The predicted molar refractivity (Wildman–Crippen MR) is 135 cm³/mol. The lowest BCUT2D eigenvalue weighted by atomic mass is 9.76. The van der Waals surface area contributed by atoms with E-state index in [9.17, 15) is 0 Å². The molecule has 0 nitrogen and oxygen atoms in total. The van der Waals surface area contributed by atoms with Gasteiger partial charge in [-0.25, -0.2) is 0 Å². The molecule has 0 aliphatic carbocycles. The Balaban J connectivity index is 1.73. The van der Waals surface area contributed by atoms with Gasteiger partial charge in [-0.3, -0.25) is 0 Å². The second-order valence-corrected chi connectivity index (χ2v) is 11.2. The molecule has 1 aliphatic heterocycles. The van der Waals surface area contributed by atoms with Crippen LogP contribution >= 0.6 is 19.5 Å². The maximum atomic E-state index is 6.65. The number of hydrogen-bond donors (Lipinski definition) is 0. The molecule has 0 bridgehead atoms. The van der Waals surface area contributed by atoms with E-state index >= 15 is 0 Å². The van der Waals surface area contributed by atoms with E-state index in [1.165, 1.54) is 34.6 Å². The number of hydrogen-bond acceptors (Lipinski definition) is 0. The van der Waals surface area contributed by atoms with Gasteiger partial charge in [0.1, 0.15) is 0 Å². The molecule has 154 valence electrons. The molecule has 2 heteroatoms. The van der Waals surface area contributed by atoms with Gasteiger partial charge >= 0.3 is 0 Å². The summed E-state index contributed by atoms with van der Waals surface area (Å²) in [6.45, 7) is 0. The first-order valence-corrected chi connectivity index (χ1v) is 12.9. The van der Waals surface area contributed by atoms with E-state index in [1.54, 1.807) is 0 Å². The molecule has 0 aromatic heterocycles. The third kappa shape index (κ3) is 3.73. The summed E-state index contributed by atoms with van der Waals surface area (Å²) in [5.41, 5.74) is 4.13. The quantitative estimate of drug-likeness (QED) is 0.279. The van der Waals surface area contributed by atoms with Crippen molar-refractivity contribution >= 4 is 24.8 Å². The molecule has 2 atom stereocenters. The van der Waals surface area contributed by atoms with E-state index in [1.807, 2.05) is 12.1 Å². The molecule has 1 aliphatic rings. The Labute approximate surface area is 191 Å². The van der Waals surface area contributed by atoms with Gasteiger partial charge in [0.2, 0.25) is 0 Å². The van der Waals surface area contributed by atoms with Crippen LogP contribution in [0.5, 0.6) is 0 Å². The van der Waals surface area contributed by atoms with Gasteiger partial charge in [0, 0.05) is 10.2 Å². The maximum absolute atomic E-state index is 6.65. The fourth-order valence-electron chi connectivity index (χ4n) is 5.34. The van der Waals surface area contributed by atoms with Crippen molar-refractivity contribution < 1.29 is 0 Å². The zero-order chi connectivity index (χ0) is 21.1. The van der Waals surface area contributed by atoms with Crippen LogP contribution in [-0.2, 0) is 11.6 Å². The Kier molecular flexibility index (Phi) is 5.95. The van der Waals surface area contributed by atoms with Crippen LogP contribution in [0.1, 0.15) is 23.1 Å². The van der Waals surface area contributed by atoms with Gasteiger partial charge in [0.25, 0.3) is 0 Å². The predicted octanol–water partition coefficient (Wildman–Crippen LogP) is 7.65. The van der Waals surface area contributed by atoms with Gasteiger partial charge in [-0.1, -0.05) is 129 Å². The van der Waals surface area contributed by atoms with Crippen LogP contribution < -0.4 is 5.30 Å². The summed E-state index contributed by atoms with van der Waals surface area (Å²) in [5, 5.41) is 2.35. The molecule has 0 spiro atoms. The van der Waals surface area contributed by atoms with Gasteiger partial charge < -0.3 is 0 Å². The van der Waals surface area contributed by atoms with E-state index in [-0.39, 0.29) is 5.16 Å². The Hall–Kier alpha value is -2.40. The lowest BCUT2D eigenvalue weighted by Gasteiger charge is -2.42. The van der Waals surface area contributed by atoms with Crippen LogP contribution in [-0.4, -0.2) is 6.16 Å². The first-order chi connectivity index (χ1) is 15.3. The average molecular weight is 441 g/mol. The average Bonchev–Trinajstić information content (AvgIpc) is 3.22. The highest BCUT2D eigenvalue weighted by Crippen LogP contribution is 2.69. The zero-order valence-corrected chi connectivity index (χ0v) is 19.1. The molecule has 0 radical (unpaired) electrons. The molecule has 5 rings (SSSR count). The summed E-state index contributed by atoms with van der Waals surface area (Å²) in [6, 6.07) is 42.0. The molecule has 0 saturated carbocycles. The number of halogens is 1. The molecular weight excluding hydrogens is 415 g/mol. The molecule has 1 saturated heterocycles. The summed E-state index contributed by atoms with van der Waals surface area (Å²) < 4.78 is 0. The Bertz CT molecular complexity index is 1090. The van der Waals surface area contributed by atoms with Crippen molar-refractivity contribution in [3.8, 4) is 0 Å². The first kappa shape index (κ1) is 20.5. The molecule has 4 aromatic carbocycles. The number of benzene rings is 4. The van der Waals surface area contributed by atoms with Gasteiger partial charge in [-0.05, 0) is 53.0 Å². The standard InChI is InChI=1S/C29H26ClP/c30-28-19-11-10-12-23(28)22-26-20-21-31(27-17-8-3-9-18-27)29(26,24-13-4-1-5-14-24)25-15-6-2-7-16-25/h1-19,26H,20-22H2. The van der Waals surface area contributed by atoms with Gasteiger partial charge in [0.15, 0.2) is 0 Å². The molecular formula is C29H26ClP. The van der Waals surface area contributed by atoms with Crippen molar-refractivity contribution in [3.05, 3.63) is 137 Å². The highest BCUT2D eigenvalue weighted by atomic mass is 35.5. The molecule has 0 N–H and O–H groups in total. The molecule has 31 heavy (non-hydrogen) atoms. The van der Waals surface area contributed by atoms with Crippen LogP contribution in [0.25, 0.3) is 0 Å². The maximum Gasteiger partial charge on any atom is 0.0474 e. The summed E-state index contributed by atoms with van der Waals surface area (Å²) in [5.74, 6) is 0.489. The van der Waals surface area contributed by atoms with E-state index in [2.05, 4.69) is 103 Å². The smallest absolute Gasteiger partial charge is 0.0474 e. The van der Waals surface area contributed by atoms with Crippen molar-refractivity contribution in [2.24, 2.45) is 5.92 Å². The minimum absolute atomic E-state index is 0.0294. The minimum Gasteiger partial charge on any atom is -0.0840 e. The van der Waals surface area contributed by atoms with Crippen molar-refractivity contribution in [2.75, 3.05) is 6.16 Å². The normalized spacial score (nSPS) is 19.9. The summed E-state index contributed by atoms with van der Waals surface area (Å²) in [7, 11) is -0.429. The monoisotopic (exact) mass is 440 g/mol. The van der Waals surface area contributed by atoms with Crippen LogP contribution in [0, 0.1) is 5.92 Å². The zero-order valence-electron chi connectivity index (χ0n) is 17.5. The van der Waals surface area contributed by atoms with Crippen molar-refractivity contribution in [3.63, 3.8) is 0 Å². The van der Waals surface area contributed by atoms with Gasteiger partial charge in [0.05, 0.1) is 0 Å². The third-order valence-electron chi connectivity index (χ3n) is 6.64. The van der Waals surface area contributed by atoms with E-state index < -0.39 is 7.92 Å². The SMILES string of the molecule is Clc1ccccc1CC1CCP(c2ccccc2)C1(c1ccccc1)c1ccccc1. The summed E-state index contributed by atoms with van der Waals surface area (Å²) in [4.78, 5) is 0. The van der Waals surface area contributed by atoms with E-state index in [4.69, 9.17) is 11.6 Å². The number of rotatable bonds is 5. The fourth-order valence-corrected chi connectivity index (χ4v) is 9.26. The molecule has 1 fully saturated rings. The minimum atomic E-state index is -0.429. The van der Waals surface area contributed by atoms with Crippen LogP contribution in [0.4, 0.5) is 0 Å². The topological polar surface area (TPSA) is 0 Å². The summed E-state index contributed by atoms with van der Waals surface area (Å²) >= 11 is 6.65. The molecule has 0 amide bonds. The second kappa shape index (κ2) is 8.99. The van der Waals surface area contributed by atoms with Crippen LogP contribution in [0.15, 0.2) is 115 Å². The Morgan fingerprint density at radius 2 is 1.19 bits per heavy atom. The second-order valence-electron chi connectivity index (χ2n) is 8.27. The van der Waals surface area contributed by atoms with Gasteiger partial charge in [-0.2, -0.15) is 0 Å². The van der Waals surface area contributed by atoms with Crippen LogP contribution in [0.3, 0.4) is 0 Å². The van der Waals surface area contributed by atoms with E-state index in [0.29, 0.717) is 5.92 Å². The van der Waals surface area contributed by atoms with Crippen molar-refractivity contribution in [1.29, 1.82) is 0 Å². The fraction of sp³-hybridized carbons (Fsp3) is 0.172. The molecule has 4 aromatic rings. The Morgan fingerprint density at radius 3 is 1.77 bits per heavy atom. The molecule has 2 unspecified atom stereocenters. The van der Waals surface area contributed by atoms with E-state index in [0.717, 1.165) is 11.4 Å². The highest BCUT2D eigenvalue weighted by Gasteiger charge is 2.52. The summed E-state index contributed by atoms with van der Waals surface area (Å²) in [6.07, 6.45) is 3.43. The van der Waals surface area contributed by atoms with Crippen LogP contribution in [0.2, 0.25) is 5.02 Å². The van der Waals surface area contributed by atoms with Crippen molar-refractivity contribution in [1.82, 2.24) is 0 Å². The Morgan fingerprint density at radius 1 is 0.677 bits per heavy atom. The third-order valence-corrected chi connectivity index (χ3v) is 10.4. The lowest BCUT2D eigenvalue weighted by molar-refractivity contribution is 0.439. The largest absolute Gasteiger partial charge is 0.0840 e.